The summed E-state index contributed by atoms with van der Waals surface area (Å²) in [7, 11) is 0. The van der Waals surface area contributed by atoms with Crippen molar-refractivity contribution in [2.45, 2.75) is 19.0 Å². The van der Waals surface area contributed by atoms with Crippen molar-refractivity contribution in [1.82, 2.24) is 10.6 Å². The molecular formula is C15H16N2O4. The lowest BCUT2D eigenvalue weighted by Crippen LogP contribution is -2.46. The zero-order chi connectivity index (χ0) is 15.1. The number of rotatable bonds is 6. The molecule has 0 aliphatic heterocycles. The smallest absolute Gasteiger partial charge is 0.326 e. The maximum atomic E-state index is 11.7. The van der Waals surface area contributed by atoms with E-state index in [2.05, 4.69) is 10.6 Å². The zero-order valence-electron chi connectivity index (χ0n) is 11.3. The summed E-state index contributed by atoms with van der Waals surface area (Å²) < 4.78 is 5.07. The third kappa shape index (κ3) is 4.68. The van der Waals surface area contributed by atoms with Crippen LogP contribution in [0.4, 0.5) is 4.79 Å². The van der Waals surface area contributed by atoms with Crippen molar-refractivity contribution < 1.29 is 19.1 Å². The van der Waals surface area contributed by atoms with Gasteiger partial charge in [0, 0.05) is 6.42 Å². The molecule has 6 nitrogen and oxygen atoms in total. The van der Waals surface area contributed by atoms with E-state index in [4.69, 9.17) is 4.42 Å². The molecule has 0 aliphatic rings. The van der Waals surface area contributed by atoms with Crippen LogP contribution < -0.4 is 10.6 Å². The van der Waals surface area contributed by atoms with E-state index in [1.54, 1.807) is 12.1 Å². The van der Waals surface area contributed by atoms with Crippen LogP contribution >= 0.6 is 0 Å². The molecule has 2 aromatic rings. The van der Waals surface area contributed by atoms with Crippen LogP contribution in [0.25, 0.3) is 0 Å². The fraction of sp³-hybridized carbons (Fsp3) is 0.200. The van der Waals surface area contributed by atoms with Crippen LogP contribution in [0, 0.1) is 0 Å². The van der Waals surface area contributed by atoms with Gasteiger partial charge in [0.1, 0.15) is 11.8 Å². The number of furan rings is 1. The molecule has 1 heterocycles. The monoisotopic (exact) mass is 288 g/mol. The van der Waals surface area contributed by atoms with Crippen molar-refractivity contribution in [3.05, 3.63) is 60.1 Å². The number of benzene rings is 1. The third-order valence-electron chi connectivity index (χ3n) is 2.89. The standard InChI is InChI=1S/C15H16N2O4/c18-14(19)13(9-11-5-2-1-3-6-11)17-15(20)16-10-12-7-4-8-21-12/h1-8,13H,9-10H2,(H,18,19)(H2,16,17,20). The topological polar surface area (TPSA) is 91.6 Å². The number of urea groups is 1. The molecule has 1 aromatic heterocycles. The summed E-state index contributed by atoms with van der Waals surface area (Å²) >= 11 is 0. The largest absolute Gasteiger partial charge is 0.480 e. The highest BCUT2D eigenvalue weighted by molar-refractivity contribution is 5.82. The molecular weight excluding hydrogens is 272 g/mol. The van der Waals surface area contributed by atoms with E-state index in [-0.39, 0.29) is 13.0 Å². The molecule has 110 valence electrons. The molecule has 3 N–H and O–H groups in total. The summed E-state index contributed by atoms with van der Waals surface area (Å²) in [6, 6.07) is 11.0. The number of carbonyl (C=O) groups excluding carboxylic acids is 1. The van der Waals surface area contributed by atoms with Gasteiger partial charge >= 0.3 is 12.0 Å². The third-order valence-corrected chi connectivity index (χ3v) is 2.89. The normalized spacial score (nSPS) is 11.6. The van der Waals surface area contributed by atoms with Crippen molar-refractivity contribution in [2.24, 2.45) is 0 Å². The van der Waals surface area contributed by atoms with Crippen LogP contribution in [0.15, 0.2) is 53.1 Å². The molecule has 0 fully saturated rings. The highest BCUT2D eigenvalue weighted by atomic mass is 16.4. The van der Waals surface area contributed by atoms with Gasteiger partial charge in [-0.2, -0.15) is 0 Å². The van der Waals surface area contributed by atoms with Crippen LogP contribution in [-0.2, 0) is 17.8 Å². The Balaban J connectivity index is 1.87. The molecule has 1 aromatic carbocycles. The van der Waals surface area contributed by atoms with Gasteiger partial charge in [-0.15, -0.1) is 0 Å². The minimum Gasteiger partial charge on any atom is -0.480 e. The number of amides is 2. The van der Waals surface area contributed by atoms with E-state index in [0.29, 0.717) is 5.76 Å². The molecule has 6 heteroatoms. The van der Waals surface area contributed by atoms with Gasteiger partial charge in [-0.25, -0.2) is 9.59 Å². The summed E-state index contributed by atoms with van der Waals surface area (Å²) in [4.78, 5) is 22.9. The van der Waals surface area contributed by atoms with Crippen LogP contribution in [0.5, 0.6) is 0 Å². The Hall–Kier alpha value is -2.76. The van der Waals surface area contributed by atoms with E-state index in [9.17, 15) is 14.7 Å². The summed E-state index contributed by atoms with van der Waals surface area (Å²) in [5, 5.41) is 14.2. The Morgan fingerprint density at radius 2 is 1.90 bits per heavy atom. The first-order valence-electron chi connectivity index (χ1n) is 6.48. The summed E-state index contributed by atoms with van der Waals surface area (Å²) in [5.41, 5.74) is 0.844. The summed E-state index contributed by atoms with van der Waals surface area (Å²) in [6.07, 6.45) is 1.73. The number of carboxylic acids is 1. The number of carboxylic acid groups (broad SMARTS) is 1. The van der Waals surface area contributed by atoms with Crippen molar-refractivity contribution in [1.29, 1.82) is 0 Å². The second-order valence-corrected chi connectivity index (χ2v) is 4.49. The molecule has 0 radical (unpaired) electrons. The summed E-state index contributed by atoms with van der Waals surface area (Å²) in [5.74, 6) is -0.480. The highest BCUT2D eigenvalue weighted by Gasteiger charge is 2.20. The van der Waals surface area contributed by atoms with Crippen LogP contribution in [0.3, 0.4) is 0 Å². The Morgan fingerprint density at radius 1 is 1.14 bits per heavy atom. The van der Waals surface area contributed by atoms with Gasteiger partial charge in [-0.1, -0.05) is 30.3 Å². The fourth-order valence-corrected chi connectivity index (χ4v) is 1.84. The van der Waals surface area contributed by atoms with Gasteiger partial charge in [-0.3, -0.25) is 0 Å². The SMILES string of the molecule is O=C(NCc1ccco1)NC(Cc1ccccc1)C(=O)O. The molecule has 0 saturated heterocycles. The van der Waals surface area contributed by atoms with E-state index in [0.717, 1.165) is 5.56 Å². The molecule has 0 spiro atoms. The Morgan fingerprint density at radius 3 is 2.52 bits per heavy atom. The van der Waals surface area contributed by atoms with E-state index < -0.39 is 18.0 Å². The first-order chi connectivity index (χ1) is 10.1. The number of nitrogens with one attached hydrogen (secondary N) is 2. The minimum atomic E-state index is -1.08. The van der Waals surface area contributed by atoms with E-state index >= 15 is 0 Å². The van der Waals surface area contributed by atoms with Gasteiger partial charge < -0.3 is 20.2 Å². The molecule has 2 amide bonds. The van der Waals surface area contributed by atoms with E-state index in [1.807, 2.05) is 30.3 Å². The van der Waals surface area contributed by atoms with Crippen molar-refractivity contribution in [3.8, 4) is 0 Å². The highest BCUT2D eigenvalue weighted by Crippen LogP contribution is 2.04. The first kappa shape index (κ1) is 14.6. The molecule has 0 saturated carbocycles. The lowest BCUT2D eigenvalue weighted by atomic mass is 10.1. The van der Waals surface area contributed by atoms with Crippen molar-refractivity contribution in [3.63, 3.8) is 0 Å². The maximum absolute atomic E-state index is 11.7. The predicted molar refractivity (Wildman–Crippen MR) is 75.6 cm³/mol. The average molecular weight is 288 g/mol. The molecule has 1 atom stereocenters. The number of aliphatic carboxylic acids is 1. The molecule has 21 heavy (non-hydrogen) atoms. The minimum absolute atomic E-state index is 0.205. The number of hydrogen-bond donors (Lipinski definition) is 3. The molecule has 0 aliphatic carbocycles. The van der Waals surface area contributed by atoms with Crippen LogP contribution in [0.2, 0.25) is 0 Å². The lowest BCUT2D eigenvalue weighted by molar-refractivity contribution is -0.139. The maximum Gasteiger partial charge on any atom is 0.326 e. The van der Waals surface area contributed by atoms with Gasteiger partial charge in [-0.05, 0) is 17.7 Å². The number of hydrogen-bond acceptors (Lipinski definition) is 3. The predicted octanol–water partition coefficient (Wildman–Crippen LogP) is 1.77. The average Bonchev–Trinajstić information content (AvgIpc) is 2.99. The second-order valence-electron chi connectivity index (χ2n) is 4.49. The molecule has 2 rings (SSSR count). The quantitative estimate of drug-likeness (QED) is 0.755. The zero-order valence-corrected chi connectivity index (χ0v) is 11.3. The van der Waals surface area contributed by atoms with Gasteiger partial charge in [0.25, 0.3) is 0 Å². The van der Waals surface area contributed by atoms with Gasteiger partial charge in [0.15, 0.2) is 0 Å². The first-order valence-corrected chi connectivity index (χ1v) is 6.48. The molecule has 1 unspecified atom stereocenters. The van der Waals surface area contributed by atoms with Gasteiger partial charge in [0.05, 0.1) is 12.8 Å². The Labute approximate surface area is 121 Å². The van der Waals surface area contributed by atoms with Crippen LogP contribution in [0.1, 0.15) is 11.3 Å². The van der Waals surface area contributed by atoms with Crippen LogP contribution in [-0.4, -0.2) is 23.1 Å². The van der Waals surface area contributed by atoms with Crippen molar-refractivity contribution in [2.75, 3.05) is 0 Å². The Kier molecular flexibility index (Phi) is 4.98. The van der Waals surface area contributed by atoms with Crippen molar-refractivity contribution >= 4 is 12.0 Å². The van der Waals surface area contributed by atoms with E-state index in [1.165, 1.54) is 6.26 Å². The lowest BCUT2D eigenvalue weighted by Gasteiger charge is -2.15. The second kappa shape index (κ2) is 7.14. The van der Waals surface area contributed by atoms with Gasteiger partial charge in [0.2, 0.25) is 0 Å². The Bertz CT molecular complexity index is 581. The fourth-order valence-electron chi connectivity index (χ4n) is 1.84. The summed E-state index contributed by atoms with van der Waals surface area (Å²) in [6.45, 7) is 0.205. The molecule has 0 bridgehead atoms. The number of carbonyl (C=O) groups is 2.